The number of tetrazole rings is 1. The number of H-pyrrole nitrogens is 1. The number of ether oxygens (including phenoxy) is 1. The minimum atomic E-state index is -0.278. The van der Waals surface area contributed by atoms with Gasteiger partial charge in [-0.15, -0.1) is 5.10 Å². The minimum Gasteiger partial charge on any atom is -0.376 e. The molecule has 32 heavy (non-hydrogen) atoms. The third kappa shape index (κ3) is 4.21. The van der Waals surface area contributed by atoms with E-state index in [1.54, 1.807) is 0 Å². The number of aromatic amines is 1. The van der Waals surface area contributed by atoms with Gasteiger partial charge in [0.05, 0.1) is 12.6 Å². The highest BCUT2D eigenvalue weighted by molar-refractivity contribution is 5.81. The number of nitrogens with one attached hydrogen (secondary N) is 1. The molecule has 8 nitrogen and oxygen atoms in total. The molecule has 3 aromatic rings. The van der Waals surface area contributed by atoms with E-state index in [1.165, 1.54) is 24.0 Å². The average Bonchev–Trinajstić information content (AvgIpc) is 3.37. The van der Waals surface area contributed by atoms with Crippen molar-refractivity contribution in [3.05, 3.63) is 51.1 Å². The molecule has 0 saturated carbocycles. The summed E-state index contributed by atoms with van der Waals surface area (Å²) in [5.41, 5.74) is 3.90. The summed E-state index contributed by atoms with van der Waals surface area (Å²) in [5.74, 6) is 0.732. The number of hydrogen-bond acceptors (Lipinski definition) is 6. The topological polar surface area (TPSA) is 88.9 Å². The number of fused-ring (bicyclic) bond motifs is 1. The summed E-state index contributed by atoms with van der Waals surface area (Å²) in [6, 6.07) is 5.97. The number of aryl methyl sites for hydroxylation is 2. The minimum absolute atomic E-state index is 0.0679. The quantitative estimate of drug-likeness (QED) is 0.660. The van der Waals surface area contributed by atoms with Crippen LogP contribution < -0.4 is 5.56 Å². The van der Waals surface area contributed by atoms with E-state index < -0.39 is 0 Å². The first-order valence-electron chi connectivity index (χ1n) is 11.9. The maximum Gasteiger partial charge on any atom is 0.253 e. The van der Waals surface area contributed by atoms with Crippen LogP contribution in [0, 0.1) is 13.8 Å². The van der Waals surface area contributed by atoms with Gasteiger partial charge in [0.15, 0.2) is 5.82 Å². The zero-order chi connectivity index (χ0) is 22.1. The fourth-order valence-corrected chi connectivity index (χ4v) is 5.07. The Morgan fingerprint density at radius 3 is 2.62 bits per heavy atom. The highest BCUT2D eigenvalue weighted by atomic mass is 16.5. The highest BCUT2D eigenvalue weighted by Gasteiger charge is 2.32. The average molecular weight is 437 g/mol. The molecule has 4 heterocycles. The molecule has 0 bridgehead atoms. The molecule has 8 heteroatoms. The maximum atomic E-state index is 13.4. The number of likely N-dealkylation sites (tertiary alicyclic amines) is 1. The molecule has 0 radical (unpaired) electrons. The van der Waals surface area contributed by atoms with Gasteiger partial charge in [-0.25, -0.2) is 4.68 Å². The van der Waals surface area contributed by atoms with E-state index in [1.807, 2.05) is 10.7 Å². The predicted octanol–water partition coefficient (Wildman–Crippen LogP) is 3.28. The lowest BCUT2D eigenvalue weighted by atomic mass is 10.0. The van der Waals surface area contributed by atoms with Gasteiger partial charge in [0.2, 0.25) is 0 Å². The summed E-state index contributed by atoms with van der Waals surface area (Å²) < 4.78 is 7.70. The molecule has 2 aromatic heterocycles. The van der Waals surface area contributed by atoms with E-state index in [9.17, 15) is 4.79 Å². The highest BCUT2D eigenvalue weighted by Crippen LogP contribution is 2.30. The molecule has 0 amide bonds. The van der Waals surface area contributed by atoms with Gasteiger partial charge in [0.25, 0.3) is 5.56 Å². The maximum absolute atomic E-state index is 13.4. The molecule has 2 unspecified atom stereocenters. The zero-order valence-electron chi connectivity index (χ0n) is 19.0. The second-order valence-electron chi connectivity index (χ2n) is 9.28. The summed E-state index contributed by atoms with van der Waals surface area (Å²) in [4.78, 5) is 18.9. The molecule has 0 spiro atoms. The largest absolute Gasteiger partial charge is 0.376 e. The van der Waals surface area contributed by atoms with E-state index in [4.69, 9.17) is 4.74 Å². The van der Waals surface area contributed by atoms with Crippen molar-refractivity contribution in [2.45, 2.75) is 71.1 Å². The Bertz CT molecular complexity index is 1140. The Kier molecular flexibility index (Phi) is 6.06. The molecule has 5 rings (SSSR count). The number of rotatable bonds is 5. The van der Waals surface area contributed by atoms with Crippen molar-refractivity contribution < 1.29 is 4.74 Å². The van der Waals surface area contributed by atoms with Gasteiger partial charge < -0.3 is 9.72 Å². The van der Waals surface area contributed by atoms with Crippen molar-refractivity contribution in [3.8, 4) is 0 Å². The predicted molar refractivity (Wildman–Crippen MR) is 123 cm³/mol. The SMILES string of the molecule is Cc1cc2cc(C(c3nnnn3CC3CCCO3)N3CCCCCC3)c(=O)[nH]c2cc1C. The standard InChI is InChI=1S/C24H32N6O2/c1-16-12-18-14-20(24(31)25-21(18)13-17(16)2)22(29-9-5-3-4-6-10-29)23-26-27-28-30(23)15-19-8-7-11-32-19/h12-14,19,22H,3-11,15H2,1-2H3,(H,25,31). The Hall–Kier alpha value is -2.58. The number of hydrogen-bond donors (Lipinski definition) is 1. The van der Waals surface area contributed by atoms with Crippen LogP contribution in [0.4, 0.5) is 0 Å². The molecule has 1 N–H and O–H groups in total. The lowest BCUT2D eigenvalue weighted by Crippen LogP contribution is -2.36. The molecular formula is C24H32N6O2. The molecule has 1 aromatic carbocycles. The molecule has 2 aliphatic heterocycles. The van der Waals surface area contributed by atoms with Gasteiger partial charge in [-0.2, -0.15) is 0 Å². The van der Waals surface area contributed by atoms with Crippen LogP contribution in [-0.4, -0.2) is 55.9 Å². The van der Waals surface area contributed by atoms with Gasteiger partial charge in [-0.3, -0.25) is 9.69 Å². The molecule has 2 aliphatic rings. The van der Waals surface area contributed by atoms with Gasteiger partial charge in [-0.1, -0.05) is 12.8 Å². The van der Waals surface area contributed by atoms with Crippen LogP contribution in [0.25, 0.3) is 10.9 Å². The Balaban J connectivity index is 1.61. The van der Waals surface area contributed by atoms with Gasteiger partial charge in [0, 0.05) is 17.7 Å². The Labute approximate surface area is 188 Å². The lowest BCUT2D eigenvalue weighted by Gasteiger charge is -2.30. The molecule has 2 atom stereocenters. The number of nitrogens with zero attached hydrogens (tertiary/aromatic N) is 5. The first-order valence-corrected chi connectivity index (χ1v) is 11.9. The van der Waals surface area contributed by atoms with Crippen LogP contribution in [0.15, 0.2) is 23.0 Å². The van der Waals surface area contributed by atoms with E-state index in [2.05, 4.69) is 51.4 Å². The van der Waals surface area contributed by atoms with Crippen molar-refractivity contribution in [1.82, 2.24) is 30.1 Å². The van der Waals surface area contributed by atoms with Crippen LogP contribution in [0.1, 0.15) is 67.1 Å². The van der Waals surface area contributed by atoms with Crippen LogP contribution in [0.5, 0.6) is 0 Å². The summed E-state index contributed by atoms with van der Waals surface area (Å²) in [6.45, 7) is 7.45. The lowest BCUT2D eigenvalue weighted by molar-refractivity contribution is 0.0909. The molecular weight excluding hydrogens is 404 g/mol. The number of aromatic nitrogens is 5. The third-order valence-electron chi connectivity index (χ3n) is 6.99. The monoisotopic (exact) mass is 436 g/mol. The smallest absolute Gasteiger partial charge is 0.253 e. The fraction of sp³-hybridized carbons (Fsp3) is 0.583. The summed E-state index contributed by atoms with van der Waals surface area (Å²) >= 11 is 0. The summed E-state index contributed by atoms with van der Waals surface area (Å²) in [7, 11) is 0. The zero-order valence-corrected chi connectivity index (χ0v) is 19.0. The molecule has 170 valence electrons. The molecule has 0 aliphatic carbocycles. The van der Waals surface area contributed by atoms with Gasteiger partial charge >= 0.3 is 0 Å². The Morgan fingerprint density at radius 2 is 1.88 bits per heavy atom. The van der Waals surface area contributed by atoms with E-state index in [0.29, 0.717) is 12.1 Å². The Morgan fingerprint density at radius 1 is 1.09 bits per heavy atom. The molecule has 2 saturated heterocycles. The van der Waals surface area contributed by atoms with Crippen LogP contribution in [-0.2, 0) is 11.3 Å². The second-order valence-corrected chi connectivity index (χ2v) is 9.28. The first kappa shape index (κ1) is 21.3. The first-order chi connectivity index (χ1) is 15.6. The van der Waals surface area contributed by atoms with Gasteiger partial charge in [0.1, 0.15) is 6.04 Å². The van der Waals surface area contributed by atoms with Gasteiger partial charge in [-0.05, 0) is 97.8 Å². The number of benzene rings is 1. The van der Waals surface area contributed by atoms with Crippen LogP contribution >= 0.6 is 0 Å². The van der Waals surface area contributed by atoms with Crippen molar-refractivity contribution in [1.29, 1.82) is 0 Å². The molecule has 2 fully saturated rings. The summed E-state index contributed by atoms with van der Waals surface area (Å²) in [6.07, 6.45) is 6.89. The van der Waals surface area contributed by atoms with Crippen molar-refractivity contribution >= 4 is 10.9 Å². The van der Waals surface area contributed by atoms with Crippen molar-refractivity contribution in [2.75, 3.05) is 19.7 Å². The normalized spacial score (nSPS) is 21.1. The van der Waals surface area contributed by atoms with E-state index in [-0.39, 0.29) is 17.7 Å². The van der Waals surface area contributed by atoms with Crippen molar-refractivity contribution in [2.24, 2.45) is 0 Å². The second kappa shape index (κ2) is 9.11. The number of pyridine rings is 1. The summed E-state index contributed by atoms with van der Waals surface area (Å²) in [5, 5.41) is 13.8. The van der Waals surface area contributed by atoms with E-state index >= 15 is 0 Å². The van der Waals surface area contributed by atoms with Crippen molar-refractivity contribution in [3.63, 3.8) is 0 Å². The van der Waals surface area contributed by atoms with Crippen LogP contribution in [0.3, 0.4) is 0 Å². The van der Waals surface area contributed by atoms with Crippen LogP contribution in [0.2, 0.25) is 0 Å². The van der Waals surface area contributed by atoms with E-state index in [0.717, 1.165) is 62.1 Å². The third-order valence-corrected chi connectivity index (χ3v) is 6.99. The fourth-order valence-electron chi connectivity index (χ4n) is 5.07.